The maximum atomic E-state index is 12.2. The number of fused-ring (bicyclic) bond motifs is 1. The van der Waals surface area contributed by atoms with E-state index in [4.69, 9.17) is 4.74 Å². The monoisotopic (exact) mass is 412 g/mol. The van der Waals surface area contributed by atoms with Gasteiger partial charge in [0.1, 0.15) is 11.5 Å². The van der Waals surface area contributed by atoms with Crippen LogP contribution in [-0.2, 0) is 0 Å². The normalized spacial score (nSPS) is 11.0. The summed E-state index contributed by atoms with van der Waals surface area (Å²) in [5, 5.41) is 15.9. The van der Waals surface area contributed by atoms with Crippen LogP contribution in [0.25, 0.3) is 10.8 Å². The van der Waals surface area contributed by atoms with Gasteiger partial charge in [-0.25, -0.2) is 5.43 Å². The number of halogens is 1. The first kappa shape index (κ1) is 17.9. The molecule has 0 atom stereocenters. The summed E-state index contributed by atoms with van der Waals surface area (Å²) < 4.78 is 6.36. The summed E-state index contributed by atoms with van der Waals surface area (Å²) >= 11 is 3.28. The number of phenolic OH excluding ortho intramolecular Hbond substituents is 1. The molecule has 0 aliphatic carbocycles. The van der Waals surface area contributed by atoms with Crippen molar-refractivity contribution < 1.29 is 14.6 Å². The van der Waals surface area contributed by atoms with Gasteiger partial charge < -0.3 is 9.84 Å². The van der Waals surface area contributed by atoms with Gasteiger partial charge in [-0.15, -0.1) is 0 Å². The van der Waals surface area contributed by atoms with E-state index in [1.165, 1.54) is 12.1 Å². The van der Waals surface area contributed by atoms with Crippen LogP contribution in [0, 0.1) is 0 Å². The number of carbonyl (C=O) groups is 1. The fourth-order valence-electron chi connectivity index (χ4n) is 2.60. The van der Waals surface area contributed by atoms with Crippen molar-refractivity contribution in [3.05, 3.63) is 70.2 Å². The maximum absolute atomic E-state index is 12.2. The number of nitrogens with zero attached hydrogens (tertiary/aromatic N) is 1. The minimum Gasteiger partial charge on any atom is -0.507 e. The highest BCUT2D eigenvalue weighted by molar-refractivity contribution is 9.10. The van der Waals surface area contributed by atoms with Crippen LogP contribution in [0.2, 0.25) is 0 Å². The lowest BCUT2D eigenvalue weighted by Gasteiger charge is -2.10. The van der Waals surface area contributed by atoms with Crippen molar-refractivity contribution >= 4 is 38.8 Å². The second-order valence-corrected chi connectivity index (χ2v) is 6.41. The number of aromatic hydroxyl groups is 1. The second kappa shape index (κ2) is 8.01. The Morgan fingerprint density at radius 3 is 2.85 bits per heavy atom. The van der Waals surface area contributed by atoms with Gasteiger partial charge in [0.15, 0.2) is 0 Å². The van der Waals surface area contributed by atoms with Crippen LogP contribution in [0.4, 0.5) is 0 Å². The molecule has 0 bridgehead atoms. The van der Waals surface area contributed by atoms with Crippen LogP contribution in [0.3, 0.4) is 0 Å². The standard InChI is InChI=1S/C20H17BrN2O3/c1-2-26-19-10-7-13-5-3-4-6-15(13)17(19)12-22-23-20(25)16-11-14(21)8-9-18(16)24/h3-12,24H,2H2,1H3,(H,23,25)/b22-12+. The molecule has 0 saturated carbocycles. The Labute approximate surface area is 159 Å². The van der Waals surface area contributed by atoms with Crippen LogP contribution >= 0.6 is 15.9 Å². The summed E-state index contributed by atoms with van der Waals surface area (Å²) in [6.45, 7) is 2.44. The number of phenols is 1. The molecule has 0 radical (unpaired) electrons. The minimum atomic E-state index is -0.502. The first-order valence-corrected chi connectivity index (χ1v) is 8.86. The molecule has 3 rings (SSSR count). The molecule has 3 aromatic rings. The zero-order chi connectivity index (χ0) is 18.5. The summed E-state index contributed by atoms with van der Waals surface area (Å²) in [5.41, 5.74) is 3.36. The van der Waals surface area contributed by atoms with E-state index in [-0.39, 0.29) is 11.3 Å². The highest BCUT2D eigenvalue weighted by atomic mass is 79.9. The number of amides is 1. The summed E-state index contributed by atoms with van der Waals surface area (Å²) in [6, 6.07) is 16.4. The zero-order valence-electron chi connectivity index (χ0n) is 14.1. The Morgan fingerprint density at radius 1 is 1.23 bits per heavy atom. The van der Waals surface area contributed by atoms with E-state index < -0.39 is 5.91 Å². The van der Waals surface area contributed by atoms with Crippen molar-refractivity contribution in [2.24, 2.45) is 5.10 Å². The van der Waals surface area contributed by atoms with Gasteiger partial charge in [-0.05, 0) is 42.0 Å². The van der Waals surface area contributed by atoms with Gasteiger partial charge in [-0.2, -0.15) is 5.10 Å². The molecule has 0 aromatic heterocycles. The molecule has 6 heteroatoms. The lowest BCUT2D eigenvalue weighted by atomic mass is 10.0. The fourth-order valence-corrected chi connectivity index (χ4v) is 2.96. The molecule has 0 aliphatic heterocycles. The number of benzene rings is 3. The molecular weight excluding hydrogens is 396 g/mol. The zero-order valence-corrected chi connectivity index (χ0v) is 15.7. The van der Waals surface area contributed by atoms with E-state index in [1.807, 2.05) is 43.3 Å². The Hall–Kier alpha value is -2.86. The van der Waals surface area contributed by atoms with Crippen LogP contribution in [0.1, 0.15) is 22.8 Å². The molecule has 0 fully saturated rings. The van der Waals surface area contributed by atoms with Crippen molar-refractivity contribution in [1.29, 1.82) is 0 Å². The molecule has 2 N–H and O–H groups in total. The third kappa shape index (κ3) is 3.86. The van der Waals surface area contributed by atoms with E-state index >= 15 is 0 Å². The Balaban J connectivity index is 1.89. The fraction of sp³-hybridized carbons (Fsp3) is 0.100. The average molecular weight is 413 g/mol. The molecule has 0 saturated heterocycles. The van der Waals surface area contributed by atoms with Crippen molar-refractivity contribution in [3.63, 3.8) is 0 Å². The Morgan fingerprint density at radius 2 is 2.04 bits per heavy atom. The first-order valence-electron chi connectivity index (χ1n) is 8.06. The number of hydrazone groups is 1. The summed E-state index contributed by atoms with van der Waals surface area (Å²) in [5.74, 6) is 0.0776. The number of carbonyl (C=O) groups excluding carboxylic acids is 1. The molecule has 0 spiro atoms. The molecule has 26 heavy (non-hydrogen) atoms. The Bertz CT molecular complexity index is 986. The van der Waals surface area contributed by atoms with E-state index in [2.05, 4.69) is 26.5 Å². The highest BCUT2D eigenvalue weighted by Gasteiger charge is 2.11. The van der Waals surface area contributed by atoms with Crippen LogP contribution in [0.5, 0.6) is 11.5 Å². The highest BCUT2D eigenvalue weighted by Crippen LogP contribution is 2.27. The minimum absolute atomic E-state index is 0.110. The quantitative estimate of drug-likeness (QED) is 0.479. The van der Waals surface area contributed by atoms with Crippen LogP contribution in [-0.4, -0.2) is 23.8 Å². The van der Waals surface area contributed by atoms with Gasteiger partial charge in [0.25, 0.3) is 5.91 Å². The Kier molecular flexibility index (Phi) is 5.53. The van der Waals surface area contributed by atoms with E-state index in [1.54, 1.807) is 12.3 Å². The first-order chi connectivity index (χ1) is 12.6. The van der Waals surface area contributed by atoms with Crippen molar-refractivity contribution in [1.82, 2.24) is 5.43 Å². The van der Waals surface area contributed by atoms with Gasteiger partial charge in [0.05, 0.1) is 18.4 Å². The van der Waals surface area contributed by atoms with Crippen molar-refractivity contribution in [3.8, 4) is 11.5 Å². The molecule has 1 amide bonds. The number of rotatable bonds is 5. The predicted octanol–water partition coefficient (Wildman–Crippen LogP) is 4.47. The van der Waals surface area contributed by atoms with Crippen molar-refractivity contribution in [2.45, 2.75) is 6.92 Å². The molecule has 5 nitrogen and oxygen atoms in total. The smallest absolute Gasteiger partial charge is 0.275 e. The summed E-state index contributed by atoms with van der Waals surface area (Å²) in [4.78, 5) is 12.2. The molecule has 0 heterocycles. The molecule has 3 aromatic carbocycles. The number of ether oxygens (including phenoxy) is 1. The molecule has 0 aliphatic rings. The third-order valence-corrected chi connectivity index (χ3v) is 4.29. The molecule has 132 valence electrons. The van der Waals surface area contributed by atoms with Crippen LogP contribution < -0.4 is 10.2 Å². The summed E-state index contributed by atoms with van der Waals surface area (Å²) in [6.07, 6.45) is 1.56. The lowest BCUT2D eigenvalue weighted by Crippen LogP contribution is -2.17. The SMILES string of the molecule is CCOc1ccc2ccccc2c1/C=N/NC(=O)c1cc(Br)ccc1O. The lowest BCUT2D eigenvalue weighted by molar-refractivity contribution is 0.0952. The van der Waals surface area contributed by atoms with Gasteiger partial charge >= 0.3 is 0 Å². The number of hydrogen-bond donors (Lipinski definition) is 2. The third-order valence-electron chi connectivity index (χ3n) is 3.79. The number of hydrogen-bond acceptors (Lipinski definition) is 4. The van der Waals surface area contributed by atoms with Gasteiger partial charge in [-0.1, -0.05) is 46.3 Å². The number of nitrogens with one attached hydrogen (secondary N) is 1. The van der Waals surface area contributed by atoms with Gasteiger partial charge in [0.2, 0.25) is 0 Å². The van der Waals surface area contributed by atoms with Gasteiger partial charge in [-0.3, -0.25) is 4.79 Å². The van der Waals surface area contributed by atoms with Crippen LogP contribution in [0.15, 0.2) is 64.2 Å². The second-order valence-electron chi connectivity index (χ2n) is 5.49. The van der Waals surface area contributed by atoms with E-state index in [0.29, 0.717) is 16.8 Å². The molecule has 0 unspecified atom stereocenters. The molecular formula is C20H17BrN2O3. The maximum Gasteiger partial charge on any atom is 0.275 e. The predicted molar refractivity (Wildman–Crippen MR) is 106 cm³/mol. The largest absolute Gasteiger partial charge is 0.507 e. The van der Waals surface area contributed by atoms with E-state index in [0.717, 1.165) is 16.3 Å². The van der Waals surface area contributed by atoms with Crippen molar-refractivity contribution in [2.75, 3.05) is 6.61 Å². The summed E-state index contributed by atoms with van der Waals surface area (Å²) in [7, 11) is 0. The average Bonchev–Trinajstić information content (AvgIpc) is 2.65. The van der Waals surface area contributed by atoms with E-state index in [9.17, 15) is 9.90 Å². The van der Waals surface area contributed by atoms with Gasteiger partial charge in [0, 0.05) is 10.0 Å². The topological polar surface area (TPSA) is 70.9 Å².